The molecule has 0 saturated heterocycles. The summed E-state index contributed by atoms with van der Waals surface area (Å²) in [4.78, 5) is 11.5. The number of hydrogen-bond donors (Lipinski definition) is 4. The Morgan fingerprint density at radius 2 is 2.10 bits per heavy atom. The summed E-state index contributed by atoms with van der Waals surface area (Å²) >= 11 is 0. The van der Waals surface area contributed by atoms with Gasteiger partial charge in [0.25, 0.3) is 0 Å². The molecule has 4 N–H and O–H groups in total. The maximum Gasteiger partial charge on any atom is 0.315 e. The van der Waals surface area contributed by atoms with Crippen LogP contribution in [0.15, 0.2) is 30.5 Å². The van der Waals surface area contributed by atoms with Gasteiger partial charge in [0.1, 0.15) is 0 Å². The van der Waals surface area contributed by atoms with Crippen molar-refractivity contribution in [2.45, 2.75) is 12.6 Å². The summed E-state index contributed by atoms with van der Waals surface area (Å²) in [5.74, 6) is -2.04. The summed E-state index contributed by atoms with van der Waals surface area (Å²) in [5.41, 5.74) is 0.911. The molecule has 0 aliphatic rings. The number of halogens is 2. The quantitative estimate of drug-likeness (QED) is 0.669. The first-order valence-electron chi connectivity index (χ1n) is 6.19. The summed E-state index contributed by atoms with van der Waals surface area (Å²) < 4.78 is 25.8. The van der Waals surface area contributed by atoms with Crippen molar-refractivity contribution in [1.29, 1.82) is 0 Å². The average Bonchev–Trinajstić information content (AvgIpc) is 2.98. The Labute approximate surface area is 119 Å². The van der Waals surface area contributed by atoms with Crippen molar-refractivity contribution in [3.05, 3.63) is 53.4 Å². The molecule has 0 radical (unpaired) electrons. The molecule has 0 saturated carbocycles. The van der Waals surface area contributed by atoms with E-state index < -0.39 is 23.8 Å². The van der Waals surface area contributed by atoms with Crippen LogP contribution in [0.5, 0.6) is 0 Å². The largest absolute Gasteiger partial charge is 0.387 e. The first-order chi connectivity index (χ1) is 10.1. The predicted octanol–water partition coefficient (Wildman–Crippen LogP) is 1.22. The molecule has 0 aliphatic heterocycles. The fraction of sp³-hybridized carbons (Fsp3) is 0.231. The van der Waals surface area contributed by atoms with Crippen LogP contribution < -0.4 is 10.6 Å². The maximum atomic E-state index is 13.0. The molecule has 2 rings (SSSR count). The van der Waals surface area contributed by atoms with Gasteiger partial charge in [0.15, 0.2) is 11.6 Å². The van der Waals surface area contributed by atoms with Crippen LogP contribution in [0.4, 0.5) is 13.6 Å². The van der Waals surface area contributed by atoms with Crippen LogP contribution in [-0.4, -0.2) is 27.9 Å². The Morgan fingerprint density at radius 3 is 2.76 bits per heavy atom. The molecule has 0 spiro atoms. The van der Waals surface area contributed by atoms with Crippen LogP contribution in [-0.2, 0) is 6.54 Å². The Bertz CT molecular complexity index is 604. The zero-order chi connectivity index (χ0) is 15.2. The molecular weight excluding hydrogens is 282 g/mol. The van der Waals surface area contributed by atoms with Crippen LogP contribution in [0.3, 0.4) is 0 Å². The lowest BCUT2D eigenvalue weighted by Crippen LogP contribution is -2.37. The van der Waals surface area contributed by atoms with Crippen molar-refractivity contribution < 1.29 is 18.7 Å². The zero-order valence-electron chi connectivity index (χ0n) is 10.9. The predicted molar refractivity (Wildman–Crippen MR) is 70.1 cm³/mol. The van der Waals surface area contributed by atoms with Gasteiger partial charge < -0.3 is 15.7 Å². The number of hydrogen-bond acceptors (Lipinski definition) is 3. The van der Waals surface area contributed by atoms with Crippen LogP contribution in [0.1, 0.15) is 17.4 Å². The molecule has 8 heteroatoms. The molecular formula is C13H14F2N4O2. The van der Waals surface area contributed by atoms with E-state index in [4.69, 9.17) is 0 Å². The fourth-order valence-corrected chi connectivity index (χ4v) is 1.65. The van der Waals surface area contributed by atoms with Gasteiger partial charge >= 0.3 is 6.03 Å². The first-order valence-corrected chi connectivity index (χ1v) is 6.19. The standard InChI is InChI=1S/C13H14F2N4O2/c14-10-2-1-8(5-11(10)15)12(20)7-17-13(21)16-6-9-3-4-18-19-9/h1-5,12,20H,6-7H2,(H,18,19)(H2,16,17,21)/t12-/m1/s1. The van der Waals surface area contributed by atoms with Gasteiger partial charge in [-0.25, -0.2) is 13.6 Å². The second-order valence-corrected chi connectivity index (χ2v) is 4.33. The Balaban J connectivity index is 1.78. The lowest BCUT2D eigenvalue weighted by molar-refractivity contribution is 0.172. The smallest absolute Gasteiger partial charge is 0.315 e. The minimum absolute atomic E-state index is 0.125. The van der Waals surface area contributed by atoms with Crippen LogP contribution >= 0.6 is 0 Å². The fourth-order valence-electron chi connectivity index (χ4n) is 1.65. The molecule has 6 nitrogen and oxygen atoms in total. The number of carbonyl (C=O) groups excluding carboxylic acids is 1. The molecule has 1 heterocycles. The lowest BCUT2D eigenvalue weighted by Gasteiger charge is -2.13. The highest BCUT2D eigenvalue weighted by Crippen LogP contribution is 2.15. The Hall–Kier alpha value is -2.48. The lowest BCUT2D eigenvalue weighted by atomic mass is 10.1. The number of aromatic nitrogens is 2. The average molecular weight is 296 g/mol. The summed E-state index contributed by atoms with van der Waals surface area (Å²) in [6, 6.07) is 4.28. The van der Waals surface area contributed by atoms with Crippen LogP contribution in [0.25, 0.3) is 0 Å². The van der Waals surface area contributed by atoms with E-state index in [1.54, 1.807) is 12.3 Å². The zero-order valence-corrected chi connectivity index (χ0v) is 10.9. The summed E-state index contributed by atoms with van der Waals surface area (Å²) in [7, 11) is 0. The Morgan fingerprint density at radius 1 is 1.29 bits per heavy atom. The highest BCUT2D eigenvalue weighted by atomic mass is 19.2. The van der Waals surface area contributed by atoms with Crippen molar-refractivity contribution in [3.63, 3.8) is 0 Å². The molecule has 2 amide bonds. The summed E-state index contributed by atoms with van der Waals surface area (Å²) in [6.07, 6.45) is 0.430. The topological polar surface area (TPSA) is 90.0 Å². The third-order valence-electron chi connectivity index (χ3n) is 2.78. The number of aliphatic hydroxyl groups is 1. The van der Waals surface area contributed by atoms with Crippen LogP contribution in [0, 0.1) is 11.6 Å². The first kappa shape index (κ1) is 14.9. The van der Waals surface area contributed by atoms with Crippen molar-refractivity contribution in [1.82, 2.24) is 20.8 Å². The number of carbonyl (C=O) groups is 1. The summed E-state index contributed by atoms with van der Waals surface area (Å²) in [5, 5.41) is 21.2. The van der Waals surface area contributed by atoms with Gasteiger partial charge in [-0.2, -0.15) is 5.10 Å². The van der Waals surface area contributed by atoms with Crippen molar-refractivity contribution in [2.75, 3.05) is 6.54 Å². The molecule has 0 bridgehead atoms. The minimum atomic E-state index is -1.13. The molecule has 0 aliphatic carbocycles. The van der Waals surface area contributed by atoms with Gasteiger partial charge in [-0.15, -0.1) is 0 Å². The number of amides is 2. The number of benzene rings is 1. The molecule has 1 atom stereocenters. The monoisotopic (exact) mass is 296 g/mol. The van der Waals surface area contributed by atoms with E-state index in [1.807, 2.05) is 0 Å². The van der Waals surface area contributed by atoms with Gasteiger partial charge in [0, 0.05) is 12.7 Å². The van der Waals surface area contributed by atoms with E-state index in [-0.39, 0.29) is 18.7 Å². The van der Waals surface area contributed by atoms with E-state index in [1.165, 1.54) is 6.07 Å². The second-order valence-electron chi connectivity index (χ2n) is 4.33. The Kier molecular flexibility index (Phi) is 4.83. The third kappa shape index (κ3) is 4.25. The van der Waals surface area contributed by atoms with E-state index in [0.29, 0.717) is 0 Å². The number of aliphatic hydroxyl groups excluding tert-OH is 1. The molecule has 2 aromatic rings. The van der Waals surface area contributed by atoms with E-state index in [0.717, 1.165) is 17.8 Å². The number of nitrogens with zero attached hydrogens (tertiary/aromatic N) is 1. The molecule has 0 fully saturated rings. The third-order valence-corrected chi connectivity index (χ3v) is 2.78. The maximum absolute atomic E-state index is 13.0. The number of rotatable bonds is 5. The van der Waals surface area contributed by atoms with Gasteiger partial charge in [-0.1, -0.05) is 6.07 Å². The van der Waals surface area contributed by atoms with Crippen molar-refractivity contribution >= 4 is 6.03 Å². The van der Waals surface area contributed by atoms with Gasteiger partial charge in [0.05, 0.1) is 18.3 Å². The number of H-pyrrole nitrogens is 1. The van der Waals surface area contributed by atoms with Crippen molar-refractivity contribution in [3.8, 4) is 0 Å². The highest BCUT2D eigenvalue weighted by molar-refractivity contribution is 5.73. The molecule has 0 unspecified atom stereocenters. The van der Waals surface area contributed by atoms with Gasteiger partial charge in [-0.3, -0.25) is 5.10 Å². The van der Waals surface area contributed by atoms with Gasteiger partial charge in [-0.05, 0) is 23.8 Å². The second kappa shape index (κ2) is 6.80. The highest BCUT2D eigenvalue weighted by Gasteiger charge is 2.12. The minimum Gasteiger partial charge on any atom is -0.387 e. The summed E-state index contributed by atoms with van der Waals surface area (Å²) in [6.45, 7) is 0.132. The molecule has 1 aromatic heterocycles. The number of nitrogens with one attached hydrogen (secondary N) is 3. The molecule has 21 heavy (non-hydrogen) atoms. The van der Waals surface area contributed by atoms with E-state index in [9.17, 15) is 18.7 Å². The number of urea groups is 1. The molecule has 1 aromatic carbocycles. The van der Waals surface area contributed by atoms with E-state index >= 15 is 0 Å². The van der Waals surface area contributed by atoms with Crippen LogP contribution in [0.2, 0.25) is 0 Å². The SMILES string of the molecule is O=C(NCc1ccn[nH]1)NC[C@@H](O)c1ccc(F)c(F)c1. The van der Waals surface area contributed by atoms with Gasteiger partial charge in [0.2, 0.25) is 0 Å². The normalized spacial score (nSPS) is 12.0. The number of aromatic amines is 1. The van der Waals surface area contributed by atoms with Crippen molar-refractivity contribution in [2.24, 2.45) is 0 Å². The molecule has 112 valence electrons. The van der Waals surface area contributed by atoms with E-state index in [2.05, 4.69) is 20.8 Å².